The lowest BCUT2D eigenvalue weighted by atomic mass is 10.1. The molecule has 0 aliphatic carbocycles. The number of ether oxygens (including phenoxy) is 1. The average Bonchev–Trinajstić information content (AvgIpc) is 2.90. The molecule has 2 aliphatic rings. The number of piperidine rings is 1. The number of anilines is 1. The van der Waals surface area contributed by atoms with E-state index in [1.165, 1.54) is 24.9 Å². The number of imide groups is 1. The number of carbonyl (C=O) groups excluding carboxylic acids is 3. The number of hydrogen-bond donors (Lipinski definition) is 0. The van der Waals surface area contributed by atoms with Crippen molar-refractivity contribution >= 4 is 40.6 Å². The summed E-state index contributed by atoms with van der Waals surface area (Å²) < 4.78 is 5.01. The average molecular weight is 388 g/mol. The molecule has 0 radical (unpaired) electrons. The fourth-order valence-electron chi connectivity index (χ4n) is 3.15. The van der Waals surface area contributed by atoms with Crippen LogP contribution in [0, 0.1) is 0 Å². The fraction of sp³-hybridized carbons (Fsp3) is 0.450. The van der Waals surface area contributed by atoms with E-state index in [0.29, 0.717) is 4.91 Å². The highest BCUT2D eigenvalue weighted by atomic mass is 32.2. The van der Waals surface area contributed by atoms with Crippen molar-refractivity contribution in [2.45, 2.75) is 39.2 Å². The smallest absolute Gasteiger partial charge is 0.326 e. The largest absolute Gasteiger partial charge is 0.462 e. The Hall–Kier alpha value is -2.28. The van der Waals surface area contributed by atoms with Crippen LogP contribution in [0.5, 0.6) is 0 Å². The first-order valence-corrected chi connectivity index (χ1v) is 10.1. The molecule has 27 heavy (non-hydrogen) atoms. The molecule has 3 rings (SSSR count). The highest BCUT2D eigenvalue weighted by Crippen LogP contribution is 2.32. The predicted octanol–water partition coefficient (Wildman–Crippen LogP) is 3.66. The SMILES string of the molecule is CC(C)OC(=O)CN1C(=O)S/C(=C/c2ccc(N3CCCCC3)cc2)C1=O. The standard InChI is InChI=1S/C20H24N2O4S/c1-14(2)26-18(23)13-22-19(24)17(27-20(22)25)12-15-6-8-16(9-7-15)21-10-4-3-5-11-21/h6-9,12,14H,3-5,10-11,13H2,1-2H3/b17-12+. The summed E-state index contributed by atoms with van der Waals surface area (Å²) in [5.41, 5.74) is 2.03. The van der Waals surface area contributed by atoms with E-state index in [1.54, 1.807) is 19.9 Å². The molecule has 1 aromatic carbocycles. The molecule has 2 amide bonds. The van der Waals surface area contributed by atoms with Gasteiger partial charge in [0.2, 0.25) is 0 Å². The molecule has 0 unspecified atom stereocenters. The van der Waals surface area contributed by atoms with E-state index < -0.39 is 17.1 Å². The number of carbonyl (C=O) groups is 3. The van der Waals surface area contributed by atoms with Gasteiger partial charge in [-0.15, -0.1) is 0 Å². The third-order valence-corrected chi connectivity index (χ3v) is 5.35. The van der Waals surface area contributed by atoms with Crippen LogP contribution in [-0.2, 0) is 14.3 Å². The number of nitrogens with zero attached hydrogens (tertiary/aromatic N) is 2. The van der Waals surface area contributed by atoms with E-state index in [0.717, 1.165) is 35.3 Å². The minimum Gasteiger partial charge on any atom is -0.462 e. The van der Waals surface area contributed by atoms with Gasteiger partial charge < -0.3 is 9.64 Å². The number of amides is 2. The van der Waals surface area contributed by atoms with Gasteiger partial charge in [0.05, 0.1) is 11.0 Å². The summed E-state index contributed by atoms with van der Waals surface area (Å²) in [7, 11) is 0. The molecule has 1 aromatic rings. The lowest BCUT2D eigenvalue weighted by Crippen LogP contribution is -2.35. The van der Waals surface area contributed by atoms with Crippen LogP contribution in [0.15, 0.2) is 29.2 Å². The molecule has 0 saturated carbocycles. The maximum Gasteiger partial charge on any atom is 0.326 e. The summed E-state index contributed by atoms with van der Waals surface area (Å²) >= 11 is 0.850. The Morgan fingerprint density at radius 1 is 1.15 bits per heavy atom. The topological polar surface area (TPSA) is 66.9 Å². The van der Waals surface area contributed by atoms with Crippen LogP contribution in [0.2, 0.25) is 0 Å². The molecule has 2 saturated heterocycles. The van der Waals surface area contributed by atoms with Crippen molar-refractivity contribution in [3.05, 3.63) is 34.7 Å². The third kappa shape index (κ3) is 4.91. The number of thioether (sulfide) groups is 1. The number of hydrogen-bond acceptors (Lipinski definition) is 6. The lowest BCUT2D eigenvalue weighted by Gasteiger charge is -2.28. The quantitative estimate of drug-likeness (QED) is 0.566. The van der Waals surface area contributed by atoms with Gasteiger partial charge in [-0.25, -0.2) is 0 Å². The van der Waals surface area contributed by atoms with Gasteiger partial charge in [-0.2, -0.15) is 0 Å². The minimum absolute atomic E-state index is 0.286. The van der Waals surface area contributed by atoms with E-state index in [4.69, 9.17) is 4.74 Å². The van der Waals surface area contributed by atoms with Crippen LogP contribution in [-0.4, -0.2) is 47.8 Å². The molecule has 2 heterocycles. The Morgan fingerprint density at radius 2 is 1.81 bits per heavy atom. The van der Waals surface area contributed by atoms with Crippen molar-refractivity contribution in [1.29, 1.82) is 0 Å². The highest BCUT2D eigenvalue weighted by molar-refractivity contribution is 8.18. The Labute approximate surface area is 163 Å². The van der Waals surface area contributed by atoms with Crippen molar-refractivity contribution in [1.82, 2.24) is 4.90 Å². The van der Waals surface area contributed by atoms with Gasteiger partial charge in [-0.3, -0.25) is 19.3 Å². The van der Waals surface area contributed by atoms with Crippen LogP contribution in [0.4, 0.5) is 10.5 Å². The number of esters is 1. The van der Waals surface area contributed by atoms with E-state index >= 15 is 0 Å². The van der Waals surface area contributed by atoms with Gasteiger partial charge in [-0.05, 0) is 68.6 Å². The molecule has 6 nitrogen and oxygen atoms in total. The predicted molar refractivity (Wildman–Crippen MR) is 106 cm³/mol. The molecule has 0 bridgehead atoms. The maximum absolute atomic E-state index is 12.5. The molecule has 7 heteroatoms. The summed E-state index contributed by atoms with van der Waals surface area (Å²) in [6.07, 6.45) is 5.13. The van der Waals surface area contributed by atoms with Crippen molar-refractivity contribution in [3.63, 3.8) is 0 Å². The summed E-state index contributed by atoms with van der Waals surface area (Å²) in [6, 6.07) is 7.98. The highest BCUT2D eigenvalue weighted by Gasteiger charge is 2.36. The molecule has 144 valence electrons. The zero-order valence-corrected chi connectivity index (χ0v) is 16.5. The molecule has 0 atom stereocenters. The van der Waals surface area contributed by atoms with Gasteiger partial charge in [0.25, 0.3) is 11.1 Å². The summed E-state index contributed by atoms with van der Waals surface area (Å²) in [5.74, 6) is -1.04. The summed E-state index contributed by atoms with van der Waals surface area (Å²) in [6.45, 7) is 5.24. The second kappa shape index (κ2) is 8.61. The van der Waals surface area contributed by atoms with Crippen LogP contribution >= 0.6 is 11.8 Å². The normalized spacial score (nSPS) is 19.3. The summed E-state index contributed by atoms with van der Waals surface area (Å²) in [5, 5.41) is -0.447. The second-order valence-corrected chi connectivity index (χ2v) is 7.94. The van der Waals surface area contributed by atoms with Gasteiger partial charge in [0.15, 0.2) is 0 Å². The maximum atomic E-state index is 12.5. The molecular weight excluding hydrogens is 364 g/mol. The molecule has 2 fully saturated rings. The van der Waals surface area contributed by atoms with Crippen LogP contribution < -0.4 is 4.90 Å². The van der Waals surface area contributed by atoms with Crippen molar-refractivity contribution < 1.29 is 19.1 Å². The Kier molecular flexibility index (Phi) is 6.21. The molecule has 0 aromatic heterocycles. The minimum atomic E-state index is -0.584. The van der Waals surface area contributed by atoms with E-state index in [1.807, 2.05) is 24.3 Å². The van der Waals surface area contributed by atoms with Gasteiger partial charge in [0, 0.05) is 18.8 Å². The summed E-state index contributed by atoms with van der Waals surface area (Å²) in [4.78, 5) is 39.9. The number of rotatable bonds is 5. The lowest BCUT2D eigenvalue weighted by molar-refractivity contribution is -0.149. The fourth-order valence-corrected chi connectivity index (χ4v) is 3.99. The van der Waals surface area contributed by atoms with Crippen molar-refractivity contribution in [3.8, 4) is 0 Å². The first-order chi connectivity index (χ1) is 12.9. The third-order valence-electron chi connectivity index (χ3n) is 4.44. The van der Waals surface area contributed by atoms with Crippen molar-refractivity contribution in [2.24, 2.45) is 0 Å². The first kappa shape index (κ1) is 19.5. The van der Waals surface area contributed by atoms with Crippen LogP contribution in [0.3, 0.4) is 0 Å². The van der Waals surface area contributed by atoms with E-state index in [2.05, 4.69) is 4.90 Å². The van der Waals surface area contributed by atoms with E-state index in [9.17, 15) is 14.4 Å². The Morgan fingerprint density at radius 3 is 2.44 bits per heavy atom. The van der Waals surface area contributed by atoms with Gasteiger partial charge in [0.1, 0.15) is 6.54 Å². The second-order valence-electron chi connectivity index (χ2n) is 6.95. The first-order valence-electron chi connectivity index (χ1n) is 9.24. The molecular formula is C20H24N2O4S. The van der Waals surface area contributed by atoms with Gasteiger partial charge in [-0.1, -0.05) is 12.1 Å². The van der Waals surface area contributed by atoms with Crippen LogP contribution in [0.25, 0.3) is 6.08 Å². The van der Waals surface area contributed by atoms with Gasteiger partial charge >= 0.3 is 5.97 Å². The number of benzene rings is 1. The van der Waals surface area contributed by atoms with Crippen LogP contribution in [0.1, 0.15) is 38.7 Å². The molecule has 2 aliphatic heterocycles. The zero-order valence-electron chi connectivity index (χ0n) is 15.6. The van der Waals surface area contributed by atoms with E-state index in [-0.39, 0.29) is 12.6 Å². The molecule has 0 spiro atoms. The van der Waals surface area contributed by atoms with Crippen molar-refractivity contribution in [2.75, 3.05) is 24.5 Å². The Balaban J connectivity index is 1.67. The Bertz CT molecular complexity index is 752. The zero-order chi connectivity index (χ0) is 19.4. The monoisotopic (exact) mass is 388 g/mol. The molecule has 0 N–H and O–H groups in total.